The summed E-state index contributed by atoms with van der Waals surface area (Å²) in [6, 6.07) is 0. The van der Waals surface area contributed by atoms with Crippen molar-refractivity contribution in [3.05, 3.63) is 6.92 Å². The van der Waals surface area contributed by atoms with Crippen LogP contribution in [0.4, 0.5) is 0 Å². The van der Waals surface area contributed by atoms with Crippen LogP contribution in [0.25, 0.3) is 0 Å². The Bertz CT molecular complexity index is 64.9. The standard InChI is InChI=1S/C10H21.HI.Mg/c1-4-5-6-7-8-9-10(2)3;;/h10H,2,4-9H2,1,3H3;1H;/q-1;;+2/p-1. The van der Waals surface area contributed by atoms with E-state index < -0.39 is 0 Å². The van der Waals surface area contributed by atoms with E-state index in [0.29, 0.717) is 5.92 Å². The van der Waals surface area contributed by atoms with Crippen LogP contribution in [0.5, 0.6) is 0 Å². The molecule has 0 aliphatic heterocycles. The molecule has 1 unspecified atom stereocenters. The van der Waals surface area contributed by atoms with E-state index in [2.05, 4.69) is 20.8 Å². The van der Waals surface area contributed by atoms with E-state index in [0.717, 1.165) is 0 Å². The summed E-state index contributed by atoms with van der Waals surface area (Å²) in [4.78, 5) is 0. The fraction of sp³-hybridized carbons (Fsp3) is 0.900. The average molecular weight is 292 g/mol. The van der Waals surface area contributed by atoms with Crippen molar-refractivity contribution < 1.29 is 24.0 Å². The maximum Gasteiger partial charge on any atom is 2.00 e. The molecule has 0 aromatic rings. The minimum absolute atomic E-state index is 0. The van der Waals surface area contributed by atoms with Gasteiger partial charge in [0, 0.05) is 0 Å². The van der Waals surface area contributed by atoms with Gasteiger partial charge in [0.25, 0.3) is 0 Å². The minimum Gasteiger partial charge on any atom is -1.00 e. The maximum atomic E-state index is 3.96. The Kier molecular flexibility index (Phi) is 23.9. The largest absolute Gasteiger partial charge is 2.00 e. The molecule has 0 aliphatic rings. The molecule has 2 heteroatoms. The van der Waals surface area contributed by atoms with Gasteiger partial charge < -0.3 is 30.9 Å². The first kappa shape index (κ1) is 19.1. The predicted octanol–water partition coefficient (Wildman–Crippen LogP) is 0.440. The smallest absolute Gasteiger partial charge is 1.00 e. The molecule has 0 bridgehead atoms. The van der Waals surface area contributed by atoms with Crippen LogP contribution in [0.2, 0.25) is 0 Å². The number of hydrogen-bond acceptors (Lipinski definition) is 0. The number of rotatable bonds is 6. The van der Waals surface area contributed by atoms with E-state index in [1.54, 1.807) is 0 Å². The second kappa shape index (κ2) is 15.0. The number of hydrogen-bond donors (Lipinski definition) is 0. The summed E-state index contributed by atoms with van der Waals surface area (Å²) in [5.41, 5.74) is 0. The Morgan fingerprint density at radius 3 is 2.00 bits per heavy atom. The summed E-state index contributed by atoms with van der Waals surface area (Å²) in [5.74, 6) is 0.654. The summed E-state index contributed by atoms with van der Waals surface area (Å²) >= 11 is 0. The van der Waals surface area contributed by atoms with Gasteiger partial charge in [-0.05, 0) is 0 Å². The molecule has 12 heavy (non-hydrogen) atoms. The molecule has 0 radical (unpaired) electrons. The molecule has 70 valence electrons. The van der Waals surface area contributed by atoms with Gasteiger partial charge in [0.05, 0.1) is 0 Å². The van der Waals surface area contributed by atoms with Crippen LogP contribution < -0.4 is 24.0 Å². The van der Waals surface area contributed by atoms with Crippen LogP contribution in [0.15, 0.2) is 0 Å². The molecule has 0 fully saturated rings. The molecule has 0 amide bonds. The average Bonchev–Trinajstić information content (AvgIpc) is 1.87. The normalized spacial score (nSPS) is 11.2. The van der Waals surface area contributed by atoms with Crippen LogP contribution >= 0.6 is 0 Å². The summed E-state index contributed by atoms with van der Waals surface area (Å²) in [6.07, 6.45) is 8.27. The van der Waals surface area contributed by atoms with Crippen molar-refractivity contribution in [2.75, 3.05) is 0 Å². The van der Waals surface area contributed by atoms with Crippen molar-refractivity contribution >= 4 is 23.1 Å². The van der Waals surface area contributed by atoms with Gasteiger partial charge in [0.15, 0.2) is 0 Å². The zero-order valence-corrected chi connectivity index (χ0v) is 12.2. The van der Waals surface area contributed by atoms with Gasteiger partial charge in [-0.25, -0.2) is 0 Å². The Balaban J connectivity index is -0.000000405. The Labute approximate surface area is 111 Å². The Morgan fingerprint density at radius 2 is 1.58 bits per heavy atom. The SMILES string of the molecule is [CH2-]C(C)CCCCCCC.[I-].[Mg+2]. The number of halogens is 1. The molecule has 0 saturated carbocycles. The summed E-state index contributed by atoms with van der Waals surface area (Å²) in [5, 5.41) is 0. The molecule has 0 N–H and O–H groups in total. The van der Waals surface area contributed by atoms with Gasteiger partial charge in [0.2, 0.25) is 0 Å². The third kappa shape index (κ3) is 17.5. The van der Waals surface area contributed by atoms with Crippen molar-refractivity contribution in [3.8, 4) is 0 Å². The molecule has 0 nitrogen and oxygen atoms in total. The molecule has 0 rings (SSSR count). The molecule has 1 atom stereocenters. The second-order valence-corrected chi connectivity index (χ2v) is 3.31. The van der Waals surface area contributed by atoms with Crippen molar-refractivity contribution in [2.24, 2.45) is 5.92 Å². The van der Waals surface area contributed by atoms with Crippen molar-refractivity contribution in [2.45, 2.75) is 52.4 Å². The molecule has 0 aromatic carbocycles. The third-order valence-electron chi connectivity index (χ3n) is 1.80. The first-order valence-electron chi connectivity index (χ1n) is 4.60. The summed E-state index contributed by atoms with van der Waals surface area (Å²) in [6.45, 7) is 8.40. The second-order valence-electron chi connectivity index (χ2n) is 3.31. The van der Waals surface area contributed by atoms with Gasteiger partial charge in [-0.2, -0.15) is 5.92 Å². The summed E-state index contributed by atoms with van der Waals surface area (Å²) in [7, 11) is 0. The first-order valence-corrected chi connectivity index (χ1v) is 4.60. The van der Waals surface area contributed by atoms with E-state index in [9.17, 15) is 0 Å². The fourth-order valence-electron chi connectivity index (χ4n) is 1.10. The summed E-state index contributed by atoms with van der Waals surface area (Å²) < 4.78 is 0. The van der Waals surface area contributed by atoms with E-state index in [4.69, 9.17) is 0 Å². The zero-order valence-electron chi connectivity index (χ0n) is 8.61. The van der Waals surface area contributed by atoms with Crippen LogP contribution in [0.3, 0.4) is 0 Å². The number of unbranched alkanes of at least 4 members (excludes halogenated alkanes) is 4. The monoisotopic (exact) mass is 292 g/mol. The molecule has 0 aromatic heterocycles. The molecule has 0 heterocycles. The van der Waals surface area contributed by atoms with E-state index in [1.807, 2.05) is 0 Å². The molecular weight excluding hydrogens is 271 g/mol. The van der Waals surface area contributed by atoms with Crippen molar-refractivity contribution in [1.82, 2.24) is 0 Å². The molecule has 0 aliphatic carbocycles. The fourth-order valence-corrected chi connectivity index (χ4v) is 1.10. The molecule has 0 saturated heterocycles. The van der Waals surface area contributed by atoms with Gasteiger partial charge in [-0.3, -0.25) is 0 Å². The Morgan fingerprint density at radius 1 is 1.08 bits per heavy atom. The Hall–Kier alpha value is 1.50. The quantitative estimate of drug-likeness (QED) is 0.288. The van der Waals surface area contributed by atoms with Crippen LogP contribution in [0, 0.1) is 12.8 Å². The van der Waals surface area contributed by atoms with E-state index in [1.165, 1.54) is 38.5 Å². The first-order chi connectivity index (χ1) is 4.77. The van der Waals surface area contributed by atoms with Gasteiger partial charge in [-0.15, -0.1) is 0 Å². The van der Waals surface area contributed by atoms with Crippen LogP contribution in [-0.2, 0) is 0 Å². The molecule has 0 spiro atoms. The van der Waals surface area contributed by atoms with Gasteiger partial charge in [-0.1, -0.05) is 52.4 Å². The van der Waals surface area contributed by atoms with Crippen LogP contribution in [-0.4, -0.2) is 23.1 Å². The van der Waals surface area contributed by atoms with Gasteiger partial charge >= 0.3 is 23.1 Å². The van der Waals surface area contributed by atoms with Crippen molar-refractivity contribution in [1.29, 1.82) is 0 Å². The predicted molar refractivity (Wildman–Crippen MR) is 53.7 cm³/mol. The zero-order chi connectivity index (χ0) is 7.82. The van der Waals surface area contributed by atoms with Crippen LogP contribution in [0.1, 0.15) is 52.4 Å². The third-order valence-corrected chi connectivity index (χ3v) is 1.80. The van der Waals surface area contributed by atoms with Gasteiger partial charge in [0.1, 0.15) is 0 Å². The van der Waals surface area contributed by atoms with Crippen molar-refractivity contribution in [3.63, 3.8) is 0 Å². The molecular formula is C10H21IMg. The maximum absolute atomic E-state index is 3.96. The minimum atomic E-state index is 0. The topological polar surface area (TPSA) is 0 Å². The van der Waals surface area contributed by atoms with E-state index in [-0.39, 0.29) is 47.0 Å². The van der Waals surface area contributed by atoms with E-state index >= 15 is 0 Å².